The molecular formula is C20H40N2Si. The van der Waals surface area contributed by atoms with Crippen LogP contribution in [0.5, 0.6) is 0 Å². The molecular weight excluding hydrogens is 296 g/mol. The molecule has 134 valence electrons. The predicted octanol–water partition coefficient (Wildman–Crippen LogP) is 4.67. The minimum Gasteiger partial charge on any atom is -0.315 e. The van der Waals surface area contributed by atoms with Gasteiger partial charge in [0.1, 0.15) is 0 Å². The van der Waals surface area contributed by atoms with Gasteiger partial charge in [-0.3, -0.25) is 0 Å². The third-order valence-corrected chi connectivity index (χ3v) is 10.8. The summed E-state index contributed by atoms with van der Waals surface area (Å²) in [6, 6.07) is 0.939. The summed E-state index contributed by atoms with van der Waals surface area (Å²) in [7, 11) is -1.22. The number of likely N-dealkylation sites (tertiary alicyclic amines) is 1. The van der Waals surface area contributed by atoms with E-state index in [9.17, 15) is 0 Å². The molecule has 0 aromatic rings. The molecule has 0 aromatic carbocycles. The summed E-state index contributed by atoms with van der Waals surface area (Å²) in [5.74, 6) is 2.09. The van der Waals surface area contributed by atoms with Crippen molar-refractivity contribution in [1.82, 2.24) is 10.2 Å². The highest BCUT2D eigenvalue weighted by Gasteiger charge is 2.51. The third-order valence-electron chi connectivity index (χ3n) is 7.07. The average Bonchev–Trinajstić information content (AvgIpc) is 3.11. The van der Waals surface area contributed by atoms with Crippen molar-refractivity contribution in [2.45, 2.75) is 95.9 Å². The van der Waals surface area contributed by atoms with E-state index in [0.717, 1.165) is 23.4 Å². The molecule has 3 aliphatic rings. The second kappa shape index (κ2) is 6.80. The first-order valence-electron chi connectivity index (χ1n) is 10.3. The molecule has 0 amide bonds. The number of nitrogens with zero attached hydrogens (tertiary/aromatic N) is 1. The zero-order valence-electron chi connectivity index (χ0n) is 16.3. The summed E-state index contributed by atoms with van der Waals surface area (Å²) in [5, 5.41) is 3.87. The van der Waals surface area contributed by atoms with Gasteiger partial charge < -0.3 is 10.2 Å². The van der Waals surface area contributed by atoms with E-state index in [-0.39, 0.29) is 5.54 Å². The first-order chi connectivity index (χ1) is 10.8. The van der Waals surface area contributed by atoms with Crippen molar-refractivity contribution < 1.29 is 0 Å². The Hall–Kier alpha value is 0.137. The van der Waals surface area contributed by atoms with E-state index in [1.807, 2.05) is 0 Å². The molecule has 1 aliphatic heterocycles. The average molecular weight is 337 g/mol. The SMILES string of the molecule is CC(C)(C)NC[Si](C)(C)C1CC(N2CCCC2)C2CCCCC21. The van der Waals surface area contributed by atoms with Crippen LogP contribution in [0.15, 0.2) is 0 Å². The Kier molecular flexibility index (Phi) is 5.31. The van der Waals surface area contributed by atoms with E-state index < -0.39 is 8.07 Å². The number of nitrogens with one attached hydrogen (secondary N) is 1. The van der Waals surface area contributed by atoms with Crippen LogP contribution in [-0.4, -0.2) is 43.8 Å². The summed E-state index contributed by atoms with van der Waals surface area (Å²) in [4.78, 5) is 2.89. The maximum atomic E-state index is 3.87. The van der Waals surface area contributed by atoms with Gasteiger partial charge in [0.25, 0.3) is 0 Å². The minimum atomic E-state index is -1.22. The molecule has 4 atom stereocenters. The Morgan fingerprint density at radius 1 is 0.957 bits per heavy atom. The Balaban J connectivity index is 1.72. The molecule has 1 saturated heterocycles. The molecule has 23 heavy (non-hydrogen) atoms. The molecule has 0 aromatic heterocycles. The van der Waals surface area contributed by atoms with Gasteiger partial charge in [0, 0.05) is 11.6 Å². The lowest BCUT2D eigenvalue weighted by Gasteiger charge is -2.39. The fourth-order valence-corrected chi connectivity index (χ4v) is 9.49. The maximum absolute atomic E-state index is 3.87. The minimum absolute atomic E-state index is 0.267. The number of hydrogen-bond acceptors (Lipinski definition) is 2. The first-order valence-corrected chi connectivity index (χ1v) is 13.6. The van der Waals surface area contributed by atoms with Crippen LogP contribution in [0.1, 0.15) is 65.7 Å². The summed E-state index contributed by atoms with van der Waals surface area (Å²) in [6.07, 6.45) is 11.8. The molecule has 3 rings (SSSR count). The summed E-state index contributed by atoms with van der Waals surface area (Å²) < 4.78 is 0. The molecule has 0 bridgehead atoms. The zero-order valence-corrected chi connectivity index (χ0v) is 17.3. The van der Waals surface area contributed by atoms with Gasteiger partial charge in [-0.2, -0.15) is 0 Å². The quantitative estimate of drug-likeness (QED) is 0.751. The van der Waals surface area contributed by atoms with E-state index in [1.165, 1.54) is 64.2 Å². The normalized spacial score (nSPS) is 36.4. The lowest BCUT2D eigenvalue weighted by Crippen LogP contribution is -2.51. The van der Waals surface area contributed by atoms with Gasteiger partial charge in [0.15, 0.2) is 0 Å². The monoisotopic (exact) mass is 336 g/mol. The van der Waals surface area contributed by atoms with Crippen LogP contribution < -0.4 is 5.32 Å². The lowest BCUT2D eigenvalue weighted by atomic mass is 9.80. The van der Waals surface area contributed by atoms with Crippen molar-refractivity contribution in [3.63, 3.8) is 0 Å². The number of fused-ring (bicyclic) bond motifs is 1. The third kappa shape index (κ3) is 4.04. The Labute approximate surface area is 145 Å². The molecule has 1 heterocycles. The van der Waals surface area contributed by atoms with E-state index >= 15 is 0 Å². The highest BCUT2D eigenvalue weighted by atomic mass is 28.3. The van der Waals surface area contributed by atoms with Crippen molar-refractivity contribution in [2.24, 2.45) is 11.8 Å². The van der Waals surface area contributed by atoms with Crippen LogP contribution in [-0.2, 0) is 0 Å². The second-order valence-corrected chi connectivity index (χ2v) is 15.4. The number of hydrogen-bond donors (Lipinski definition) is 1. The van der Waals surface area contributed by atoms with Crippen LogP contribution in [0.4, 0.5) is 0 Å². The molecule has 0 radical (unpaired) electrons. The summed E-state index contributed by atoms with van der Waals surface area (Å²) in [6.45, 7) is 15.1. The van der Waals surface area contributed by atoms with Gasteiger partial charge in [-0.1, -0.05) is 32.4 Å². The smallest absolute Gasteiger partial charge is 0.0660 e. The zero-order chi connectivity index (χ0) is 16.7. The Morgan fingerprint density at radius 2 is 1.57 bits per heavy atom. The van der Waals surface area contributed by atoms with Crippen LogP contribution >= 0.6 is 0 Å². The molecule has 3 fully saturated rings. The largest absolute Gasteiger partial charge is 0.315 e. The summed E-state index contributed by atoms with van der Waals surface area (Å²) >= 11 is 0. The molecule has 1 N–H and O–H groups in total. The van der Waals surface area contributed by atoms with E-state index in [1.54, 1.807) is 0 Å². The van der Waals surface area contributed by atoms with Crippen molar-refractivity contribution in [3.8, 4) is 0 Å². The van der Waals surface area contributed by atoms with E-state index in [4.69, 9.17) is 0 Å². The molecule has 2 nitrogen and oxygen atoms in total. The van der Waals surface area contributed by atoms with Gasteiger partial charge in [-0.05, 0) is 83.1 Å². The fourth-order valence-electron chi connectivity index (χ4n) is 5.79. The van der Waals surface area contributed by atoms with Gasteiger partial charge in [-0.25, -0.2) is 0 Å². The molecule has 2 saturated carbocycles. The van der Waals surface area contributed by atoms with Crippen molar-refractivity contribution in [2.75, 3.05) is 19.3 Å². The van der Waals surface area contributed by atoms with Crippen LogP contribution in [0.25, 0.3) is 0 Å². The maximum Gasteiger partial charge on any atom is 0.0660 e. The van der Waals surface area contributed by atoms with E-state index in [2.05, 4.69) is 44.1 Å². The Bertz CT molecular complexity index is 395. The molecule has 4 unspecified atom stereocenters. The Morgan fingerprint density at radius 3 is 2.17 bits per heavy atom. The van der Waals surface area contributed by atoms with Crippen molar-refractivity contribution >= 4 is 8.07 Å². The van der Waals surface area contributed by atoms with Crippen molar-refractivity contribution in [1.29, 1.82) is 0 Å². The second-order valence-electron chi connectivity index (χ2n) is 10.4. The standard InChI is InChI=1S/C20H40N2Si/c1-20(2,3)21-15-23(4,5)19-14-18(22-12-8-9-13-22)16-10-6-7-11-17(16)19/h16-19,21H,6-15H2,1-5H3. The summed E-state index contributed by atoms with van der Waals surface area (Å²) in [5.41, 5.74) is 1.32. The highest BCUT2D eigenvalue weighted by molar-refractivity contribution is 6.79. The van der Waals surface area contributed by atoms with Crippen molar-refractivity contribution in [3.05, 3.63) is 0 Å². The predicted molar refractivity (Wildman–Crippen MR) is 104 cm³/mol. The first kappa shape index (κ1) is 17.9. The van der Waals surface area contributed by atoms with Gasteiger partial charge >= 0.3 is 0 Å². The van der Waals surface area contributed by atoms with Gasteiger partial charge in [0.2, 0.25) is 0 Å². The fraction of sp³-hybridized carbons (Fsp3) is 1.00. The van der Waals surface area contributed by atoms with Crippen LogP contribution in [0.2, 0.25) is 18.6 Å². The molecule has 3 heteroatoms. The van der Waals surface area contributed by atoms with Crippen LogP contribution in [0.3, 0.4) is 0 Å². The highest BCUT2D eigenvalue weighted by Crippen LogP contribution is 2.54. The van der Waals surface area contributed by atoms with Gasteiger partial charge in [0.05, 0.1) is 8.07 Å². The van der Waals surface area contributed by atoms with Crippen LogP contribution in [0, 0.1) is 11.8 Å². The molecule has 0 spiro atoms. The van der Waals surface area contributed by atoms with Gasteiger partial charge in [-0.15, -0.1) is 0 Å². The number of rotatable bonds is 4. The lowest BCUT2D eigenvalue weighted by molar-refractivity contribution is 0.148. The molecule has 2 aliphatic carbocycles. The van der Waals surface area contributed by atoms with E-state index in [0.29, 0.717) is 0 Å². The topological polar surface area (TPSA) is 15.3 Å².